The lowest BCUT2D eigenvalue weighted by Gasteiger charge is -2.15. The smallest absolute Gasteiger partial charge is 0.253 e. The molecule has 0 spiro atoms. The Kier molecular flexibility index (Phi) is 7.54. The second kappa shape index (κ2) is 10.5. The molecule has 1 heterocycles. The summed E-state index contributed by atoms with van der Waals surface area (Å²) in [7, 11) is 3.20. The van der Waals surface area contributed by atoms with Crippen molar-refractivity contribution in [3.05, 3.63) is 53.6 Å². The van der Waals surface area contributed by atoms with Crippen molar-refractivity contribution in [2.75, 3.05) is 45.7 Å². The molecule has 3 rings (SSSR count). The maximum atomic E-state index is 12.4. The van der Waals surface area contributed by atoms with Crippen LogP contribution in [0, 0.1) is 0 Å². The predicted octanol–water partition coefficient (Wildman–Crippen LogP) is 2.71. The van der Waals surface area contributed by atoms with E-state index in [0.717, 1.165) is 37.2 Å². The minimum absolute atomic E-state index is 0.0759. The summed E-state index contributed by atoms with van der Waals surface area (Å²) in [5.41, 5.74) is 2.55. The third kappa shape index (κ3) is 5.65. The second-order valence-corrected chi connectivity index (χ2v) is 7.22. The fraction of sp³-hybridized carbons (Fsp3) is 0.391. The summed E-state index contributed by atoms with van der Waals surface area (Å²) in [6.07, 6.45) is 2.85. The average molecular weight is 412 g/mol. The van der Waals surface area contributed by atoms with E-state index in [1.54, 1.807) is 26.4 Å². The van der Waals surface area contributed by atoms with Crippen LogP contribution in [0.15, 0.2) is 42.5 Å². The first kappa shape index (κ1) is 21.5. The molecular weight excluding hydrogens is 382 g/mol. The maximum absolute atomic E-state index is 12.4. The van der Waals surface area contributed by atoms with E-state index in [4.69, 9.17) is 9.47 Å². The largest absolute Gasteiger partial charge is 0.493 e. The molecule has 0 saturated carbocycles. The van der Waals surface area contributed by atoms with Gasteiger partial charge < -0.3 is 25.0 Å². The Bertz CT molecular complexity index is 861. The van der Waals surface area contributed by atoms with Crippen LogP contribution in [-0.2, 0) is 11.2 Å². The molecule has 2 aromatic rings. The Morgan fingerprint density at radius 1 is 0.967 bits per heavy atom. The number of anilines is 1. The molecule has 0 aromatic heterocycles. The van der Waals surface area contributed by atoms with Gasteiger partial charge in [-0.1, -0.05) is 6.07 Å². The van der Waals surface area contributed by atoms with Gasteiger partial charge in [-0.15, -0.1) is 0 Å². The van der Waals surface area contributed by atoms with E-state index in [2.05, 4.69) is 10.6 Å². The van der Waals surface area contributed by atoms with E-state index >= 15 is 0 Å². The van der Waals surface area contributed by atoms with Gasteiger partial charge in [0.05, 0.1) is 20.8 Å². The van der Waals surface area contributed by atoms with Crippen molar-refractivity contribution in [3.63, 3.8) is 0 Å². The van der Waals surface area contributed by atoms with E-state index in [1.807, 2.05) is 35.2 Å². The number of carbonyl (C=O) groups excluding carboxylic acids is 2. The molecule has 1 fully saturated rings. The molecule has 7 nitrogen and oxygen atoms in total. The number of amides is 2. The molecule has 1 saturated heterocycles. The molecular formula is C23H29N3O4. The van der Waals surface area contributed by atoms with Crippen molar-refractivity contribution in [2.24, 2.45) is 0 Å². The highest BCUT2D eigenvalue weighted by Crippen LogP contribution is 2.27. The average Bonchev–Trinajstić information content (AvgIpc) is 3.32. The SMILES string of the molecule is COc1ccc(CCNC(=O)CNc2ccc(C(=O)N3CCCC3)cc2)cc1OC. The van der Waals surface area contributed by atoms with Crippen LogP contribution in [0.25, 0.3) is 0 Å². The number of carbonyl (C=O) groups is 2. The van der Waals surface area contributed by atoms with E-state index in [0.29, 0.717) is 30.0 Å². The summed E-state index contributed by atoms with van der Waals surface area (Å²) < 4.78 is 10.5. The summed E-state index contributed by atoms with van der Waals surface area (Å²) in [6.45, 7) is 2.37. The van der Waals surface area contributed by atoms with E-state index < -0.39 is 0 Å². The molecule has 1 aliphatic rings. The van der Waals surface area contributed by atoms with Crippen LogP contribution in [0.5, 0.6) is 11.5 Å². The molecule has 2 N–H and O–H groups in total. The molecule has 2 amide bonds. The number of rotatable bonds is 9. The topological polar surface area (TPSA) is 79.9 Å². The lowest BCUT2D eigenvalue weighted by molar-refractivity contribution is -0.119. The third-order valence-corrected chi connectivity index (χ3v) is 5.16. The number of nitrogens with one attached hydrogen (secondary N) is 2. The minimum Gasteiger partial charge on any atom is -0.493 e. The molecule has 0 aliphatic carbocycles. The lowest BCUT2D eigenvalue weighted by Crippen LogP contribution is -2.31. The van der Waals surface area contributed by atoms with Crippen molar-refractivity contribution in [1.29, 1.82) is 0 Å². The zero-order valence-electron chi connectivity index (χ0n) is 17.6. The molecule has 30 heavy (non-hydrogen) atoms. The van der Waals surface area contributed by atoms with E-state index in [9.17, 15) is 9.59 Å². The first-order valence-electron chi connectivity index (χ1n) is 10.2. The minimum atomic E-state index is -0.0901. The fourth-order valence-corrected chi connectivity index (χ4v) is 3.46. The molecule has 2 aromatic carbocycles. The van der Waals surface area contributed by atoms with Crippen LogP contribution in [0.1, 0.15) is 28.8 Å². The molecule has 0 bridgehead atoms. The van der Waals surface area contributed by atoms with Crippen LogP contribution in [0.3, 0.4) is 0 Å². The first-order valence-corrected chi connectivity index (χ1v) is 10.2. The number of hydrogen-bond acceptors (Lipinski definition) is 5. The van der Waals surface area contributed by atoms with Crippen molar-refractivity contribution >= 4 is 17.5 Å². The predicted molar refractivity (Wildman–Crippen MR) is 116 cm³/mol. The highest BCUT2D eigenvalue weighted by molar-refractivity contribution is 5.94. The van der Waals surface area contributed by atoms with Crippen molar-refractivity contribution in [1.82, 2.24) is 10.2 Å². The maximum Gasteiger partial charge on any atom is 0.253 e. The number of methoxy groups -OCH3 is 2. The summed E-state index contributed by atoms with van der Waals surface area (Å²) in [5, 5.41) is 5.99. The number of nitrogens with zero attached hydrogens (tertiary/aromatic N) is 1. The highest BCUT2D eigenvalue weighted by Gasteiger charge is 2.19. The zero-order valence-corrected chi connectivity index (χ0v) is 17.6. The van der Waals surface area contributed by atoms with E-state index in [-0.39, 0.29) is 18.4 Å². The van der Waals surface area contributed by atoms with Gasteiger partial charge in [0.15, 0.2) is 11.5 Å². The monoisotopic (exact) mass is 411 g/mol. The highest BCUT2D eigenvalue weighted by atomic mass is 16.5. The fourth-order valence-electron chi connectivity index (χ4n) is 3.46. The Balaban J connectivity index is 1.41. The Morgan fingerprint density at radius 3 is 2.33 bits per heavy atom. The summed E-state index contributed by atoms with van der Waals surface area (Å²) >= 11 is 0. The standard InChI is InChI=1S/C23H29N3O4/c1-29-20-10-5-17(15-21(20)30-2)11-12-24-22(27)16-25-19-8-6-18(7-9-19)23(28)26-13-3-4-14-26/h5-10,15,25H,3-4,11-14,16H2,1-2H3,(H,24,27). The van der Waals surface area contributed by atoms with Gasteiger partial charge in [0.2, 0.25) is 5.91 Å². The van der Waals surface area contributed by atoms with Crippen LogP contribution in [-0.4, -0.2) is 57.1 Å². The Labute approximate surface area is 177 Å². The quantitative estimate of drug-likeness (QED) is 0.663. The van der Waals surface area contributed by atoms with Crippen molar-refractivity contribution in [3.8, 4) is 11.5 Å². The van der Waals surface area contributed by atoms with Gasteiger partial charge in [-0.3, -0.25) is 9.59 Å². The van der Waals surface area contributed by atoms with E-state index in [1.165, 1.54) is 0 Å². The summed E-state index contributed by atoms with van der Waals surface area (Å²) in [4.78, 5) is 26.3. The molecule has 0 atom stereocenters. The number of ether oxygens (including phenoxy) is 2. The van der Waals surface area contributed by atoms with Gasteiger partial charge in [0.25, 0.3) is 5.91 Å². The molecule has 0 radical (unpaired) electrons. The van der Waals surface area contributed by atoms with Crippen LogP contribution in [0.4, 0.5) is 5.69 Å². The van der Waals surface area contributed by atoms with Crippen molar-refractivity contribution in [2.45, 2.75) is 19.3 Å². The molecule has 7 heteroatoms. The number of benzene rings is 2. The number of likely N-dealkylation sites (tertiary alicyclic amines) is 1. The Hall–Kier alpha value is -3.22. The van der Waals surface area contributed by atoms with Gasteiger partial charge >= 0.3 is 0 Å². The first-order chi connectivity index (χ1) is 14.6. The van der Waals surface area contributed by atoms with Gasteiger partial charge in [0, 0.05) is 30.9 Å². The lowest BCUT2D eigenvalue weighted by atomic mass is 10.1. The van der Waals surface area contributed by atoms with Crippen LogP contribution in [0.2, 0.25) is 0 Å². The second-order valence-electron chi connectivity index (χ2n) is 7.22. The van der Waals surface area contributed by atoms with Crippen molar-refractivity contribution < 1.29 is 19.1 Å². The van der Waals surface area contributed by atoms with Gasteiger partial charge in [-0.25, -0.2) is 0 Å². The van der Waals surface area contributed by atoms with Crippen LogP contribution < -0.4 is 20.1 Å². The third-order valence-electron chi connectivity index (χ3n) is 5.16. The van der Waals surface area contributed by atoms with Crippen LogP contribution >= 0.6 is 0 Å². The van der Waals surface area contributed by atoms with Gasteiger partial charge in [-0.05, 0) is 61.2 Å². The molecule has 1 aliphatic heterocycles. The molecule has 160 valence electrons. The zero-order chi connectivity index (χ0) is 21.3. The molecule has 0 unspecified atom stereocenters. The van der Waals surface area contributed by atoms with Gasteiger partial charge in [-0.2, -0.15) is 0 Å². The Morgan fingerprint density at radius 2 is 1.67 bits per heavy atom. The normalized spacial score (nSPS) is 13.1. The van der Waals surface area contributed by atoms with Gasteiger partial charge in [0.1, 0.15) is 0 Å². The number of hydrogen-bond donors (Lipinski definition) is 2. The summed E-state index contributed by atoms with van der Waals surface area (Å²) in [5.74, 6) is 1.34. The summed E-state index contributed by atoms with van der Waals surface area (Å²) in [6, 6.07) is 13.0.